The van der Waals surface area contributed by atoms with Gasteiger partial charge in [-0.2, -0.15) is 0 Å². The van der Waals surface area contributed by atoms with Crippen molar-refractivity contribution in [1.82, 2.24) is 14.5 Å². The molecule has 106 valence electrons. The number of aromatic nitrogens is 3. The van der Waals surface area contributed by atoms with E-state index in [2.05, 4.69) is 34.2 Å². The lowest BCUT2D eigenvalue weighted by molar-refractivity contribution is 0.664. The molecule has 0 saturated carbocycles. The fourth-order valence-electron chi connectivity index (χ4n) is 3.51. The first-order valence-corrected chi connectivity index (χ1v) is 7.41. The van der Waals surface area contributed by atoms with Crippen LogP contribution in [0.2, 0.25) is 0 Å². The third kappa shape index (κ3) is 1.41. The summed E-state index contributed by atoms with van der Waals surface area (Å²) >= 11 is 0. The van der Waals surface area contributed by atoms with E-state index >= 15 is 0 Å². The van der Waals surface area contributed by atoms with E-state index in [1.165, 1.54) is 10.9 Å². The molecule has 4 heterocycles. The summed E-state index contributed by atoms with van der Waals surface area (Å²) in [7, 11) is 0. The molecule has 1 aromatic carbocycles. The second-order valence-electron chi connectivity index (χ2n) is 5.70. The molecular weight excluding hydrogens is 274 g/mol. The van der Waals surface area contributed by atoms with E-state index in [-0.39, 0.29) is 5.56 Å². The number of nitrogens with one attached hydrogen (secondary N) is 1. The number of fused-ring (bicyclic) bond motifs is 6. The van der Waals surface area contributed by atoms with Crippen LogP contribution in [0.15, 0.2) is 53.5 Å². The zero-order valence-corrected chi connectivity index (χ0v) is 11.8. The number of aromatic amines is 1. The Hall–Kier alpha value is -2.88. The van der Waals surface area contributed by atoms with Crippen LogP contribution in [-0.4, -0.2) is 14.5 Å². The third-order valence-electron chi connectivity index (χ3n) is 4.52. The first-order valence-electron chi connectivity index (χ1n) is 7.41. The minimum atomic E-state index is -0.00240. The SMILES string of the molecule is O=c1c2ncccc2cc2n1CCc1c-2[nH]c2ccccc12. The quantitative estimate of drug-likeness (QED) is 0.540. The van der Waals surface area contributed by atoms with Crippen LogP contribution in [0, 0.1) is 0 Å². The van der Waals surface area contributed by atoms with E-state index in [9.17, 15) is 4.79 Å². The molecule has 0 radical (unpaired) electrons. The molecule has 5 rings (SSSR count). The van der Waals surface area contributed by atoms with Crippen molar-refractivity contribution in [3.8, 4) is 11.4 Å². The highest BCUT2D eigenvalue weighted by molar-refractivity contribution is 5.92. The summed E-state index contributed by atoms with van der Waals surface area (Å²) in [4.78, 5) is 20.4. The Labute approximate surface area is 126 Å². The lowest BCUT2D eigenvalue weighted by atomic mass is 10.0. The summed E-state index contributed by atoms with van der Waals surface area (Å²) in [5.41, 5.74) is 5.00. The number of hydrogen-bond donors (Lipinski definition) is 1. The van der Waals surface area contributed by atoms with Gasteiger partial charge in [-0.15, -0.1) is 0 Å². The number of nitrogens with zero attached hydrogens (tertiary/aromatic N) is 2. The van der Waals surface area contributed by atoms with E-state index < -0.39 is 0 Å². The van der Waals surface area contributed by atoms with Gasteiger partial charge in [-0.05, 0) is 30.2 Å². The molecule has 4 aromatic rings. The molecule has 4 nitrogen and oxygen atoms in total. The molecule has 22 heavy (non-hydrogen) atoms. The molecule has 0 unspecified atom stereocenters. The minimum absolute atomic E-state index is 0.00240. The molecule has 0 amide bonds. The van der Waals surface area contributed by atoms with Gasteiger partial charge in [-0.1, -0.05) is 24.3 Å². The van der Waals surface area contributed by atoms with Crippen molar-refractivity contribution in [2.45, 2.75) is 13.0 Å². The number of benzene rings is 1. The monoisotopic (exact) mass is 287 g/mol. The molecule has 1 N–H and O–H groups in total. The Morgan fingerprint density at radius 2 is 2.05 bits per heavy atom. The maximum atomic E-state index is 12.7. The summed E-state index contributed by atoms with van der Waals surface area (Å²) < 4.78 is 1.84. The Morgan fingerprint density at radius 1 is 1.14 bits per heavy atom. The molecule has 1 aliphatic rings. The van der Waals surface area contributed by atoms with Crippen LogP contribution in [0.25, 0.3) is 33.2 Å². The van der Waals surface area contributed by atoms with Crippen LogP contribution in [0.3, 0.4) is 0 Å². The van der Waals surface area contributed by atoms with Crippen LogP contribution in [0.5, 0.6) is 0 Å². The van der Waals surface area contributed by atoms with Gasteiger partial charge in [0.15, 0.2) is 0 Å². The summed E-state index contributed by atoms with van der Waals surface area (Å²) in [6, 6.07) is 14.2. The second kappa shape index (κ2) is 4.07. The van der Waals surface area contributed by atoms with Crippen molar-refractivity contribution in [2.24, 2.45) is 0 Å². The maximum absolute atomic E-state index is 12.7. The second-order valence-corrected chi connectivity index (χ2v) is 5.70. The summed E-state index contributed by atoms with van der Waals surface area (Å²) in [6.07, 6.45) is 2.54. The highest BCUT2D eigenvalue weighted by Gasteiger charge is 2.22. The Bertz CT molecular complexity index is 1100. The first kappa shape index (κ1) is 11.7. The third-order valence-corrected chi connectivity index (χ3v) is 4.52. The van der Waals surface area contributed by atoms with Crippen LogP contribution in [-0.2, 0) is 13.0 Å². The average molecular weight is 287 g/mol. The van der Waals surface area contributed by atoms with Crippen molar-refractivity contribution < 1.29 is 0 Å². The van der Waals surface area contributed by atoms with Gasteiger partial charge in [0.2, 0.25) is 0 Å². The van der Waals surface area contributed by atoms with Gasteiger partial charge in [0.1, 0.15) is 5.52 Å². The molecular formula is C18H13N3O. The summed E-state index contributed by atoms with van der Waals surface area (Å²) in [6.45, 7) is 0.704. The van der Waals surface area contributed by atoms with Crippen LogP contribution in [0.1, 0.15) is 5.56 Å². The zero-order valence-electron chi connectivity index (χ0n) is 11.8. The fourth-order valence-corrected chi connectivity index (χ4v) is 3.51. The van der Waals surface area contributed by atoms with Gasteiger partial charge in [-0.25, -0.2) is 0 Å². The van der Waals surface area contributed by atoms with Crippen molar-refractivity contribution in [2.75, 3.05) is 0 Å². The molecule has 1 aliphatic heterocycles. The van der Waals surface area contributed by atoms with Crippen LogP contribution in [0.4, 0.5) is 0 Å². The summed E-state index contributed by atoms with van der Waals surface area (Å²) in [5.74, 6) is 0. The van der Waals surface area contributed by atoms with Gasteiger partial charge < -0.3 is 9.55 Å². The number of hydrogen-bond acceptors (Lipinski definition) is 2. The van der Waals surface area contributed by atoms with Gasteiger partial charge in [0.05, 0.1) is 11.4 Å². The molecule has 0 spiro atoms. The van der Waals surface area contributed by atoms with E-state index in [4.69, 9.17) is 0 Å². The Balaban J connectivity index is 1.93. The topological polar surface area (TPSA) is 50.7 Å². The Morgan fingerprint density at radius 3 is 3.00 bits per heavy atom. The lowest BCUT2D eigenvalue weighted by Crippen LogP contribution is -2.26. The first-order chi connectivity index (χ1) is 10.8. The van der Waals surface area contributed by atoms with Crippen LogP contribution < -0.4 is 5.56 Å². The van der Waals surface area contributed by atoms with Gasteiger partial charge in [-0.3, -0.25) is 9.78 Å². The van der Waals surface area contributed by atoms with Crippen molar-refractivity contribution in [3.05, 3.63) is 64.6 Å². The lowest BCUT2D eigenvalue weighted by Gasteiger charge is -2.19. The van der Waals surface area contributed by atoms with E-state index in [1.54, 1.807) is 6.20 Å². The van der Waals surface area contributed by atoms with Gasteiger partial charge in [0, 0.05) is 29.0 Å². The van der Waals surface area contributed by atoms with E-state index in [0.29, 0.717) is 12.1 Å². The van der Waals surface area contributed by atoms with Gasteiger partial charge in [0.25, 0.3) is 5.56 Å². The average Bonchev–Trinajstić information content (AvgIpc) is 2.94. The molecule has 0 bridgehead atoms. The number of aryl methyl sites for hydroxylation is 1. The van der Waals surface area contributed by atoms with Crippen molar-refractivity contribution >= 4 is 21.8 Å². The minimum Gasteiger partial charge on any atom is -0.353 e. The van der Waals surface area contributed by atoms with Crippen molar-refractivity contribution in [1.29, 1.82) is 0 Å². The molecule has 0 aliphatic carbocycles. The van der Waals surface area contributed by atoms with Crippen molar-refractivity contribution in [3.63, 3.8) is 0 Å². The fraction of sp³-hybridized carbons (Fsp3) is 0.111. The number of rotatable bonds is 0. The molecule has 0 fully saturated rings. The number of pyridine rings is 2. The largest absolute Gasteiger partial charge is 0.353 e. The molecule has 4 heteroatoms. The number of H-pyrrole nitrogens is 1. The molecule has 0 atom stereocenters. The predicted molar refractivity (Wildman–Crippen MR) is 87.0 cm³/mol. The molecule has 3 aromatic heterocycles. The highest BCUT2D eigenvalue weighted by Crippen LogP contribution is 2.34. The number of para-hydroxylation sites is 1. The normalized spacial score (nSPS) is 13.3. The highest BCUT2D eigenvalue weighted by atomic mass is 16.1. The molecule has 0 saturated heterocycles. The van der Waals surface area contributed by atoms with E-state index in [0.717, 1.165) is 28.7 Å². The van der Waals surface area contributed by atoms with Crippen LogP contribution >= 0.6 is 0 Å². The maximum Gasteiger partial charge on any atom is 0.277 e. The smallest absolute Gasteiger partial charge is 0.277 e. The van der Waals surface area contributed by atoms with E-state index in [1.807, 2.05) is 22.8 Å². The Kier molecular flexibility index (Phi) is 2.17. The standard InChI is InChI=1S/C18H13N3O/c22-18-16-11(4-3-8-19-16)10-15-17-13(7-9-21(15)18)12-5-1-2-6-14(12)20-17/h1-6,8,10,20H,7,9H2. The van der Waals surface area contributed by atoms with Gasteiger partial charge >= 0.3 is 0 Å². The zero-order chi connectivity index (χ0) is 14.7. The summed E-state index contributed by atoms with van der Waals surface area (Å²) in [5, 5.41) is 2.15. The predicted octanol–water partition coefficient (Wildman–Crippen LogP) is 3.10.